The van der Waals surface area contributed by atoms with Crippen molar-refractivity contribution in [2.75, 3.05) is 6.61 Å². The summed E-state index contributed by atoms with van der Waals surface area (Å²) in [5, 5.41) is 10.9. The largest absolute Gasteiger partial charge is 0.507 e. The molecule has 0 aliphatic carbocycles. The maximum Gasteiger partial charge on any atom is 0.167 e. The first-order chi connectivity index (χ1) is 18.5. The van der Waals surface area contributed by atoms with Crippen molar-refractivity contribution in [2.24, 2.45) is 0 Å². The van der Waals surface area contributed by atoms with Crippen LogP contribution in [0.4, 0.5) is 0 Å². The summed E-state index contributed by atoms with van der Waals surface area (Å²) >= 11 is 0. The molecule has 0 spiro atoms. The van der Waals surface area contributed by atoms with Crippen molar-refractivity contribution in [3.8, 4) is 22.9 Å². The van der Waals surface area contributed by atoms with Gasteiger partial charge < -0.3 is 9.84 Å². The molecule has 4 aromatic rings. The van der Waals surface area contributed by atoms with Crippen LogP contribution in [0.5, 0.6) is 11.5 Å². The maximum atomic E-state index is 10.9. The predicted molar refractivity (Wildman–Crippen MR) is 154 cm³/mol. The number of ether oxygens (including phenoxy) is 1. The Labute approximate surface area is 227 Å². The second-order valence-corrected chi connectivity index (χ2v) is 10.1. The van der Waals surface area contributed by atoms with E-state index in [1.807, 2.05) is 12.1 Å². The van der Waals surface area contributed by atoms with Gasteiger partial charge in [0.25, 0.3) is 0 Å². The number of hydrogen-bond acceptors (Lipinski definition) is 5. The molecular formula is C33H39N3O2. The van der Waals surface area contributed by atoms with Gasteiger partial charge in [-0.1, -0.05) is 98.7 Å². The first-order valence-corrected chi connectivity index (χ1v) is 13.8. The highest BCUT2D eigenvalue weighted by Crippen LogP contribution is 2.31. The molecule has 3 aromatic carbocycles. The van der Waals surface area contributed by atoms with Crippen molar-refractivity contribution >= 4 is 0 Å². The molecule has 1 aromatic heterocycles. The maximum absolute atomic E-state index is 10.9. The minimum atomic E-state index is 0.110. The van der Waals surface area contributed by atoms with Crippen LogP contribution in [0.3, 0.4) is 0 Å². The van der Waals surface area contributed by atoms with Crippen molar-refractivity contribution in [1.29, 1.82) is 0 Å². The fraction of sp³-hybridized carbons (Fsp3) is 0.364. The Morgan fingerprint density at radius 2 is 1.21 bits per heavy atom. The highest BCUT2D eigenvalue weighted by Gasteiger charge is 2.14. The molecule has 0 bridgehead atoms. The Bertz CT molecular complexity index is 1240. The molecule has 0 radical (unpaired) electrons. The molecule has 0 amide bonds. The van der Waals surface area contributed by atoms with Crippen molar-refractivity contribution in [3.05, 3.63) is 101 Å². The van der Waals surface area contributed by atoms with E-state index in [-0.39, 0.29) is 5.75 Å². The van der Waals surface area contributed by atoms with Gasteiger partial charge in [0.05, 0.1) is 12.2 Å². The zero-order valence-electron chi connectivity index (χ0n) is 22.9. The Morgan fingerprint density at radius 1 is 0.658 bits per heavy atom. The van der Waals surface area contributed by atoms with E-state index in [1.54, 1.807) is 6.07 Å². The van der Waals surface area contributed by atoms with E-state index in [1.165, 1.54) is 43.2 Å². The summed E-state index contributed by atoms with van der Waals surface area (Å²) in [5.41, 5.74) is 5.28. The summed E-state index contributed by atoms with van der Waals surface area (Å²) in [4.78, 5) is 14.3. The van der Waals surface area contributed by atoms with Crippen LogP contribution in [-0.2, 0) is 12.8 Å². The van der Waals surface area contributed by atoms with E-state index in [0.29, 0.717) is 48.2 Å². The number of benzene rings is 3. The van der Waals surface area contributed by atoms with E-state index in [9.17, 15) is 5.11 Å². The van der Waals surface area contributed by atoms with Gasteiger partial charge in [0.2, 0.25) is 0 Å². The predicted octanol–water partition coefficient (Wildman–Crippen LogP) is 7.78. The van der Waals surface area contributed by atoms with Crippen LogP contribution in [0.2, 0.25) is 0 Å². The molecule has 198 valence electrons. The monoisotopic (exact) mass is 509 g/mol. The highest BCUT2D eigenvalue weighted by molar-refractivity contribution is 5.65. The van der Waals surface area contributed by atoms with Gasteiger partial charge in [-0.2, -0.15) is 0 Å². The van der Waals surface area contributed by atoms with E-state index in [4.69, 9.17) is 19.7 Å². The van der Waals surface area contributed by atoms with E-state index in [2.05, 4.69) is 69.3 Å². The number of rotatable bonds is 13. The van der Waals surface area contributed by atoms with Crippen LogP contribution in [0.1, 0.15) is 79.4 Å². The fourth-order valence-corrected chi connectivity index (χ4v) is 4.39. The van der Waals surface area contributed by atoms with Crippen LogP contribution < -0.4 is 4.74 Å². The normalized spacial score (nSPS) is 11.0. The molecule has 0 saturated heterocycles. The van der Waals surface area contributed by atoms with Gasteiger partial charge in [-0.3, -0.25) is 0 Å². The summed E-state index contributed by atoms with van der Waals surface area (Å²) < 4.78 is 5.90. The van der Waals surface area contributed by atoms with Crippen LogP contribution in [-0.4, -0.2) is 26.7 Å². The summed E-state index contributed by atoms with van der Waals surface area (Å²) in [6.07, 6.45) is 8.46. The molecule has 4 rings (SSSR count). The van der Waals surface area contributed by atoms with Gasteiger partial charge in [0, 0.05) is 18.9 Å². The van der Waals surface area contributed by atoms with Crippen molar-refractivity contribution in [2.45, 2.75) is 72.1 Å². The average molecular weight is 510 g/mol. The number of hydrogen-bond donors (Lipinski definition) is 1. The molecule has 5 heteroatoms. The number of nitrogens with zero attached hydrogens (tertiary/aromatic N) is 3. The first-order valence-electron chi connectivity index (χ1n) is 13.8. The Morgan fingerprint density at radius 3 is 1.76 bits per heavy atom. The molecule has 0 fully saturated rings. The lowest BCUT2D eigenvalue weighted by Crippen LogP contribution is -2.07. The lowest BCUT2D eigenvalue weighted by molar-refractivity contribution is 0.303. The quantitative estimate of drug-likeness (QED) is 0.186. The Hall–Kier alpha value is -3.73. The molecule has 38 heavy (non-hydrogen) atoms. The molecule has 1 N–H and O–H groups in total. The van der Waals surface area contributed by atoms with Crippen molar-refractivity contribution < 1.29 is 9.84 Å². The molecule has 5 nitrogen and oxygen atoms in total. The zero-order valence-corrected chi connectivity index (χ0v) is 22.9. The third-order valence-electron chi connectivity index (χ3n) is 6.67. The smallest absolute Gasteiger partial charge is 0.167 e. The lowest BCUT2D eigenvalue weighted by atomic mass is 10.1. The number of aryl methyl sites for hydroxylation is 2. The van der Waals surface area contributed by atoms with Crippen LogP contribution in [0.25, 0.3) is 11.4 Å². The molecule has 1 heterocycles. The number of aromatic hydroxyl groups is 1. The minimum absolute atomic E-state index is 0.110. The lowest BCUT2D eigenvalue weighted by Gasteiger charge is -2.11. The fourth-order valence-electron chi connectivity index (χ4n) is 4.39. The van der Waals surface area contributed by atoms with E-state index >= 15 is 0 Å². The molecule has 0 unspecified atom stereocenters. The van der Waals surface area contributed by atoms with Crippen LogP contribution >= 0.6 is 0 Å². The highest BCUT2D eigenvalue weighted by atomic mass is 16.5. The van der Waals surface area contributed by atoms with Crippen molar-refractivity contribution in [3.63, 3.8) is 0 Å². The average Bonchev–Trinajstić information content (AvgIpc) is 2.91. The summed E-state index contributed by atoms with van der Waals surface area (Å²) in [5.74, 6) is 2.62. The third-order valence-corrected chi connectivity index (χ3v) is 6.67. The van der Waals surface area contributed by atoms with E-state index in [0.717, 1.165) is 17.5 Å². The second kappa shape index (κ2) is 13.7. The molecule has 0 aliphatic rings. The molecular weight excluding hydrogens is 470 g/mol. The van der Waals surface area contributed by atoms with Crippen LogP contribution in [0, 0.1) is 13.8 Å². The number of aromatic nitrogens is 3. The topological polar surface area (TPSA) is 68.1 Å². The van der Waals surface area contributed by atoms with E-state index < -0.39 is 0 Å². The molecule has 0 aliphatic heterocycles. The second-order valence-electron chi connectivity index (χ2n) is 10.1. The number of phenolic OH excluding ortho intramolecular Hbond substituents is 1. The standard InChI is InChI=1S/C33H39N3O2/c1-4-5-6-7-8-9-20-38-28-18-19-29(30(37)23-28)33-35-31(21-26-14-10-24(2)11-15-26)34-32(36-33)22-27-16-12-25(3)13-17-27/h10-19,23,37H,4-9,20-22H2,1-3H3. The molecule has 0 saturated carbocycles. The van der Waals surface area contributed by atoms with Gasteiger partial charge in [-0.25, -0.2) is 15.0 Å². The SMILES string of the molecule is CCCCCCCCOc1ccc(-c2nc(Cc3ccc(C)cc3)nc(Cc3ccc(C)cc3)n2)c(O)c1. The minimum Gasteiger partial charge on any atom is -0.507 e. The van der Waals surface area contributed by atoms with Gasteiger partial charge in [-0.05, 0) is 43.5 Å². The Kier molecular flexibility index (Phi) is 9.85. The zero-order chi connectivity index (χ0) is 26.7. The number of phenols is 1. The summed E-state index contributed by atoms with van der Waals surface area (Å²) in [6, 6.07) is 22.2. The molecule has 0 atom stereocenters. The summed E-state index contributed by atoms with van der Waals surface area (Å²) in [7, 11) is 0. The first kappa shape index (κ1) is 27.3. The van der Waals surface area contributed by atoms with Crippen LogP contribution in [0.15, 0.2) is 66.7 Å². The van der Waals surface area contributed by atoms with Gasteiger partial charge in [0.1, 0.15) is 23.1 Å². The summed E-state index contributed by atoms with van der Waals surface area (Å²) in [6.45, 7) is 7.03. The Balaban J connectivity index is 1.53. The van der Waals surface area contributed by atoms with Gasteiger partial charge in [0.15, 0.2) is 5.82 Å². The van der Waals surface area contributed by atoms with Gasteiger partial charge >= 0.3 is 0 Å². The van der Waals surface area contributed by atoms with Crippen molar-refractivity contribution in [1.82, 2.24) is 15.0 Å². The third kappa shape index (κ3) is 8.14. The van der Waals surface area contributed by atoms with Gasteiger partial charge in [-0.15, -0.1) is 0 Å². The number of unbranched alkanes of at least 4 members (excludes halogenated alkanes) is 5.